The normalized spacial score (nSPS) is 12.6. The number of aromatic nitrogens is 1. The molecule has 1 atom stereocenters. The number of nitrogens with one attached hydrogen (secondary N) is 1. The molecule has 0 bridgehead atoms. The van der Waals surface area contributed by atoms with Crippen LogP contribution in [0.1, 0.15) is 19.8 Å². The van der Waals surface area contributed by atoms with Crippen molar-refractivity contribution in [3.8, 4) is 0 Å². The van der Waals surface area contributed by atoms with E-state index in [1.54, 1.807) is 0 Å². The van der Waals surface area contributed by atoms with Crippen molar-refractivity contribution in [1.82, 2.24) is 4.98 Å². The molecule has 0 amide bonds. The van der Waals surface area contributed by atoms with Crippen LogP contribution in [-0.4, -0.2) is 17.6 Å². The van der Waals surface area contributed by atoms with Gasteiger partial charge in [0.25, 0.3) is 0 Å². The van der Waals surface area contributed by atoms with E-state index >= 15 is 0 Å². The number of anilines is 1. The van der Waals surface area contributed by atoms with Crippen molar-refractivity contribution in [2.45, 2.75) is 25.8 Å². The highest BCUT2D eigenvalue weighted by Gasteiger charge is 2.05. The van der Waals surface area contributed by atoms with Crippen LogP contribution in [0.3, 0.4) is 0 Å². The maximum atomic E-state index is 5.52. The number of pyridine rings is 1. The summed E-state index contributed by atoms with van der Waals surface area (Å²) in [5.41, 5.74) is 7.66. The summed E-state index contributed by atoms with van der Waals surface area (Å²) in [5.74, 6) is 0. The average molecular weight is 229 g/mol. The second-order valence-corrected chi connectivity index (χ2v) is 4.36. The molecule has 3 heteroatoms. The van der Waals surface area contributed by atoms with Gasteiger partial charge in [-0.05, 0) is 38.4 Å². The Morgan fingerprint density at radius 2 is 2.12 bits per heavy atom. The minimum Gasteiger partial charge on any atom is -0.381 e. The molecule has 0 aliphatic heterocycles. The average Bonchev–Trinajstić information content (AvgIpc) is 2.37. The van der Waals surface area contributed by atoms with Gasteiger partial charge in [-0.1, -0.05) is 18.2 Å². The lowest BCUT2D eigenvalue weighted by atomic mass is 10.1. The van der Waals surface area contributed by atoms with Crippen molar-refractivity contribution in [3.63, 3.8) is 0 Å². The Kier molecular flexibility index (Phi) is 3.94. The first kappa shape index (κ1) is 11.9. The van der Waals surface area contributed by atoms with E-state index in [-0.39, 0.29) is 0 Å². The van der Waals surface area contributed by atoms with Gasteiger partial charge in [0.1, 0.15) is 0 Å². The van der Waals surface area contributed by atoms with E-state index in [1.807, 2.05) is 12.3 Å². The van der Waals surface area contributed by atoms with Crippen molar-refractivity contribution in [2.24, 2.45) is 5.73 Å². The summed E-state index contributed by atoms with van der Waals surface area (Å²) in [6.07, 6.45) is 3.96. The van der Waals surface area contributed by atoms with Gasteiger partial charge < -0.3 is 11.1 Å². The van der Waals surface area contributed by atoms with Gasteiger partial charge in [0, 0.05) is 17.6 Å². The van der Waals surface area contributed by atoms with E-state index < -0.39 is 0 Å². The molecule has 17 heavy (non-hydrogen) atoms. The number of fused-ring (bicyclic) bond motifs is 1. The zero-order valence-corrected chi connectivity index (χ0v) is 10.2. The first-order valence-corrected chi connectivity index (χ1v) is 6.11. The lowest BCUT2D eigenvalue weighted by Gasteiger charge is -2.15. The molecule has 1 unspecified atom stereocenters. The highest BCUT2D eigenvalue weighted by Crippen LogP contribution is 2.21. The molecule has 0 spiro atoms. The Balaban J connectivity index is 2.18. The highest BCUT2D eigenvalue weighted by molar-refractivity contribution is 5.90. The van der Waals surface area contributed by atoms with Crippen LogP contribution in [0.25, 0.3) is 10.9 Å². The van der Waals surface area contributed by atoms with E-state index in [4.69, 9.17) is 5.73 Å². The number of benzene rings is 1. The van der Waals surface area contributed by atoms with Crippen molar-refractivity contribution >= 4 is 16.6 Å². The Labute approximate surface area is 102 Å². The van der Waals surface area contributed by atoms with Gasteiger partial charge in [-0.2, -0.15) is 0 Å². The molecule has 1 heterocycles. The van der Waals surface area contributed by atoms with E-state index in [0.717, 1.165) is 30.6 Å². The highest BCUT2D eigenvalue weighted by atomic mass is 14.9. The zero-order valence-electron chi connectivity index (χ0n) is 10.2. The minimum atomic E-state index is 0.422. The maximum Gasteiger partial charge on any atom is 0.0933 e. The molecule has 3 N–H and O–H groups in total. The molecular formula is C14H19N3. The fourth-order valence-electron chi connectivity index (χ4n) is 1.98. The smallest absolute Gasteiger partial charge is 0.0933 e. The molecule has 2 aromatic rings. The Bertz CT molecular complexity index is 476. The van der Waals surface area contributed by atoms with Crippen molar-refractivity contribution in [1.29, 1.82) is 0 Å². The molecular weight excluding hydrogens is 210 g/mol. The number of nitrogens with zero attached hydrogens (tertiary/aromatic N) is 1. The number of para-hydroxylation sites is 1. The minimum absolute atomic E-state index is 0.422. The molecule has 0 aliphatic carbocycles. The van der Waals surface area contributed by atoms with Gasteiger partial charge in [-0.25, -0.2) is 0 Å². The third kappa shape index (κ3) is 2.94. The summed E-state index contributed by atoms with van der Waals surface area (Å²) < 4.78 is 0. The van der Waals surface area contributed by atoms with Crippen LogP contribution < -0.4 is 11.1 Å². The topological polar surface area (TPSA) is 50.9 Å². The molecule has 90 valence electrons. The van der Waals surface area contributed by atoms with E-state index in [9.17, 15) is 0 Å². The fourth-order valence-corrected chi connectivity index (χ4v) is 1.98. The van der Waals surface area contributed by atoms with Gasteiger partial charge in [0.15, 0.2) is 0 Å². The van der Waals surface area contributed by atoms with Crippen LogP contribution in [-0.2, 0) is 0 Å². The molecule has 0 saturated heterocycles. The molecule has 0 saturated carbocycles. The summed E-state index contributed by atoms with van der Waals surface area (Å²) in [5, 5.41) is 4.67. The number of rotatable bonds is 5. The van der Waals surface area contributed by atoms with Crippen LogP contribution >= 0.6 is 0 Å². The maximum absolute atomic E-state index is 5.52. The van der Waals surface area contributed by atoms with Gasteiger partial charge in [-0.15, -0.1) is 0 Å². The van der Waals surface area contributed by atoms with Crippen LogP contribution in [0.15, 0.2) is 36.5 Å². The third-order valence-electron chi connectivity index (χ3n) is 2.88. The van der Waals surface area contributed by atoms with Crippen molar-refractivity contribution < 1.29 is 0 Å². The fraction of sp³-hybridized carbons (Fsp3) is 0.357. The van der Waals surface area contributed by atoms with E-state index in [0.29, 0.717) is 6.04 Å². The molecule has 1 aromatic heterocycles. The molecule has 3 nitrogen and oxygen atoms in total. The van der Waals surface area contributed by atoms with E-state index in [1.165, 1.54) is 5.39 Å². The van der Waals surface area contributed by atoms with Gasteiger partial charge in [-0.3, -0.25) is 4.98 Å². The quantitative estimate of drug-likeness (QED) is 0.829. The summed E-state index contributed by atoms with van der Waals surface area (Å²) in [6.45, 7) is 2.93. The van der Waals surface area contributed by atoms with Gasteiger partial charge in [0.2, 0.25) is 0 Å². The standard InChI is InChI=1S/C14H19N3/c1-11(5-3-9-15)17-13-8-2-6-12-7-4-10-16-14(12)13/h2,4,6-8,10-11,17H,3,5,9,15H2,1H3. The molecule has 0 radical (unpaired) electrons. The number of hydrogen-bond acceptors (Lipinski definition) is 3. The molecule has 0 fully saturated rings. The Morgan fingerprint density at radius 1 is 1.29 bits per heavy atom. The SMILES string of the molecule is CC(CCCN)Nc1cccc2cccnc12. The van der Waals surface area contributed by atoms with Crippen molar-refractivity contribution in [3.05, 3.63) is 36.5 Å². The van der Waals surface area contributed by atoms with Gasteiger partial charge in [0.05, 0.1) is 11.2 Å². The zero-order chi connectivity index (χ0) is 12.1. The monoisotopic (exact) mass is 229 g/mol. The lowest BCUT2D eigenvalue weighted by Crippen LogP contribution is -2.17. The second-order valence-electron chi connectivity index (χ2n) is 4.36. The third-order valence-corrected chi connectivity index (χ3v) is 2.88. The van der Waals surface area contributed by atoms with Crippen molar-refractivity contribution in [2.75, 3.05) is 11.9 Å². The molecule has 2 rings (SSSR count). The summed E-state index contributed by atoms with van der Waals surface area (Å²) in [7, 11) is 0. The van der Waals surface area contributed by atoms with E-state index in [2.05, 4.69) is 41.5 Å². The predicted octanol–water partition coefficient (Wildman–Crippen LogP) is 2.77. The van der Waals surface area contributed by atoms with Crippen LogP contribution in [0.5, 0.6) is 0 Å². The number of nitrogens with two attached hydrogens (primary N) is 1. The largest absolute Gasteiger partial charge is 0.381 e. The predicted molar refractivity (Wildman–Crippen MR) is 73.1 cm³/mol. The van der Waals surface area contributed by atoms with Crippen LogP contribution in [0, 0.1) is 0 Å². The first-order valence-electron chi connectivity index (χ1n) is 6.11. The lowest BCUT2D eigenvalue weighted by molar-refractivity contribution is 0.663. The molecule has 1 aromatic carbocycles. The Morgan fingerprint density at radius 3 is 2.94 bits per heavy atom. The Hall–Kier alpha value is -1.61. The molecule has 0 aliphatic rings. The van der Waals surface area contributed by atoms with Gasteiger partial charge >= 0.3 is 0 Å². The summed E-state index contributed by atoms with van der Waals surface area (Å²) >= 11 is 0. The second kappa shape index (κ2) is 5.64. The van der Waals surface area contributed by atoms with Crippen LogP contribution in [0.4, 0.5) is 5.69 Å². The first-order chi connectivity index (χ1) is 8.31. The summed E-state index contributed by atoms with van der Waals surface area (Å²) in [6, 6.07) is 10.7. The number of hydrogen-bond donors (Lipinski definition) is 2. The summed E-state index contributed by atoms with van der Waals surface area (Å²) in [4.78, 5) is 4.43. The van der Waals surface area contributed by atoms with Crippen LogP contribution in [0.2, 0.25) is 0 Å².